The number of carbonyl (C=O) groups is 2. The molecule has 0 radical (unpaired) electrons. The van der Waals surface area contributed by atoms with E-state index in [2.05, 4.69) is 5.32 Å². The number of piperazine rings is 1. The fourth-order valence-electron chi connectivity index (χ4n) is 3.37. The maximum atomic E-state index is 13.1. The van der Waals surface area contributed by atoms with Crippen molar-refractivity contribution >= 4 is 22.0 Å². The van der Waals surface area contributed by atoms with Gasteiger partial charge in [-0.25, -0.2) is 13.2 Å². The number of carbonyl (C=O) groups excluding carboxylic acids is 2. The van der Waals surface area contributed by atoms with E-state index in [9.17, 15) is 18.0 Å². The summed E-state index contributed by atoms with van der Waals surface area (Å²) >= 11 is 0. The Morgan fingerprint density at radius 3 is 2.10 bits per heavy atom. The molecule has 174 valence electrons. The molecule has 0 saturated carbocycles. The zero-order valence-corrected chi connectivity index (χ0v) is 20.2. The highest BCUT2D eigenvalue weighted by Crippen LogP contribution is 2.19. The van der Waals surface area contributed by atoms with Crippen LogP contribution in [0.1, 0.15) is 46.6 Å². The van der Waals surface area contributed by atoms with Crippen molar-refractivity contribution in [3.05, 3.63) is 29.8 Å². The number of amides is 2. The molecule has 1 aliphatic heterocycles. The summed E-state index contributed by atoms with van der Waals surface area (Å²) in [4.78, 5) is 27.2. The Morgan fingerprint density at radius 1 is 1.06 bits per heavy atom. The number of benzene rings is 1. The van der Waals surface area contributed by atoms with E-state index in [-0.39, 0.29) is 42.9 Å². The maximum Gasteiger partial charge on any atom is 0.408 e. The predicted molar refractivity (Wildman–Crippen MR) is 119 cm³/mol. The van der Waals surface area contributed by atoms with Gasteiger partial charge in [0.05, 0.1) is 4.90 Å². The van der Waals surface area contributed by atoms with Crippen LogP contribution in [-0.2, 0) is 19.6 Å². The zero-order chi connectivity index (χ0) is 23.4. The van der Waals surface area contributed by atoms with Gasteiger partial charge in [-0.1, -0.05) is 31.5 Å². The van der Waals surface area contributed by atoms with E-state index in [0.29, 0.717) is 6.42 Å². The molecule has 1 aromatic carbocycles. The van der Waals surface area contributed by atoms with E-state index < -0.39 is 27.8 Å². The molecule has 9 heteroatoms. The quantitative estimate of drug-likeness (QED) is 0.715. The van der Waals surface area contributed by atoms with Crippen LogP contribution in [-0.4, -0.2) is 67.4 Å². The van der Waals surface area contributed by atoms with Crippen molar-refractivity contribution < 1.29 is 22.7 Å². The molecule has 1 unspecified atom stereocenters. The summed E-state index contributed by atoms with van der Waals surface area (Å²) in [7, 11) is -3.60. The lowest BCUT2D eigenvalue weighted by Crippen LogP contribution is -2.56. The molecule has 2 amide bonds. The largest absolute Gasteiger partial charge is 0.444 e. The van der Waals surface area contributed by atoms with Gasteiger partial charge in [0.15, 0.2) is 0 Å². The van der Waals surface area contributed by atoms with E-state index in [1.54, 1.807) is 49.9 Å². The highest BCUT2D eigenvalue weighted by Gasteiger charge is 2.34. The first kappa shape index (κ1) is 25.1. The molecule has 0 bridgehead atoms. The van der Waals surface area contributed by atoms with Crippen LogP contribution >= 0.6 is 0 Å². The van der Waals surface area contributed by atoms with Crippen molar-refractivity contribution in [1.82, 2.24) is 14.5 Å². The Labute approximate surface area is 186 Å². The molecule has 0 aromatic heterocycles. The molecule has 1 aromatic rings. The van der Waals surface area contributed by atoms with Crippen LogP contribution in [0.25, 0.3) is 0 Å². The third-order valence-corrected chi connectivity index (χ3v) is 6.82. The van der Waals surface area contributed by atoms with Gasteiger partial charge in [0.2, 0.25) is 15.9 Å². The molecule has 31 heavy (non-hydrogen) atoms. The summed E-state index contributed by atoms with van der Waals surface area (Å²) in [5.41, 5.74) is 0.328. The van der Waals surface area contributed by atoms with E-state index >= 15 is 0 Å². The van der Waals surface area contributed by atoms with E-state index in [1.807, 2.05) is 20.8 Å². The van der Waals surface area contributed by atoms with Crippen molar-refractivity contribution in [2.24, 2.45) is 5.92 Å². The fraction of sp³-hybridized carbons (Fsp3) is 0.636. The Kier molecular flexibility index (Phi) is 8.10. The van der Waals surface area contributed by atoms with Crippen LogP contribution < -0.4 is 5.32 Å². The monoisotopic (exact) mass is 453 g/mol. The SMILES string of the molecule is Cc1ccc(S(=O)(=O)N2CCN(C(=O)C(CC(C)C)NC(=O)OC(C)(C)C)CC2)cc1. The highest BCUT2D eigenvalue weighted by molar-refractivity contribution is 7.89. The minimum absolute atomic E-state index is 0.187. The lowest BCUT2D eigenvalue weighted by Gasteiger charge is -2.36. The van der Waals surface area contributed by atoms with Gasteiger partial charge in [0.1, 0.15) is 11.6 Å². The minimum atomic E-state index is -3.60. The minimum Gasteiger partial charge on any atom is -0.444 e. The molecule has 8 nitrogen and oxygen atoms in total. The average molecular weight is 454 g/mol. The van der Waals surface area contributed by atoms with Gasteiger partial charge < -0.3 is 15.0 Å². The number of sulfonamides is 1. The van der Waals surface area contributed by atoms with Gasteiger partial charge in [-0.05, 0) is 52.2 Å². The molecule has 1 saturated heterocycles. The lowest BCUT2D eigenvalue weighted by molar-refractivity contribution is -0.135. The van der Waals surface area contributed by atoms with Gasteiger partial charge in [-0.3, -0.25) is 4.79 Å². The number of alkyl carbamates (subject to hydrolysis) is 1. The first-order chi connectivity index (χ1) is 14.3. The number of hydrogen-bond donors (Lipinski definition) is 1. The Balaban J connectivity index is 2.03. The summed E-state index contributed by atoms with van der Waals surface area (Å²) < 4.78 is 32.5. The number of nitrogens with zero attached hydrogens (tertiary/aromatic N) is 2. The second-order valence-electron chi connectivity index (χ2n) is 9.37. The van der Waals surface area contributed by atoms with Gasteiger partial charge in [0, 0.05) is 26.2 Å². The zero-order valence-electron chi connectivity index (χ0n) is 19.3. The lowest BCUT2D eigenvalue weighted by atomic mass is 10.0. The third-order valence-electron chi connectivity index (χ3n) is 4.91. The predicted octanol–water partition coefficient (Wildman–Crippen LogP) is 2.77. The van der Waals surface area contributed by atoms with E-state index in [0.717, 1.165) is 5.56 Å². The molecular weight excluding hydrogens is 418 g/mol. The number of rotatable bonds is 6. The maximum absolute atomic E-state index is 13.1. The topological polar surface area (TPSA) is 96.0 Å². The molecule has 1 fully saturated rings. The normalized spacial score (nSPS) is 16.8. The van der Waals surface area contributed by atoms with Crippen molar-refractivity contribution in [3.8, 4) is 0 Å². The Morgan fingerprint density at radius 2 is 1.61 bits per heavy atom. The smallest absolute Gasteiger partial charge is 0.408 e. The van der Waals surface area contributed by atoms with Crippen molar-refractivity contribution in [1.29, 1.82) is 0 Å². The van der Waals surface area contributed by atoms with Crippen LogP contribution in [0.3, 0.4) is 0 Å². The number of aryl methyl sites for hydroxylation is 1. The molecular formula is C22H35N3O5S. The van der Waals surface area contributed by atoms with Gasteiger partial charge >= 0.3 is 6.09 Å². The second-order valence-corrected chi connectivity index (χ2v) is 11.3. The van der Waals surface area contributed by atoms with Crippen LogP contribution in [0.5, 0.6) is 0 Å². The molecule has 0 spiro atoms. The first-order valence-corrected chi connectivity index (χ1v) is 12.1. The number of nitrogens with one attached hydrogen (secondary N) is 1. The second kappa shape index (κ2) is 9.99. The average Bonchev–Trinajstić information content (AvgIpc) is 2.65. The summed E-state index contributed by atoms with van der Waals surface area (Å²) in [6.07, 6.45) is -0.160. The standard InChI is InChI=1S/C22H35N3O5S/c1-16(2)15-19(23-21(27)30-22(4,5)6)20(26)24-11-13-25(14-12-24)31(28,29)18-9-7-17(3)8-10-18/h7-10,16,19H,11-15H2,1-6H3,(H,23,27). The van der Waals surface area contributed by atoms with Crippen LogP contribution in [0.2, 0.25) is 0 Å². The summed E-state index contributed by atoms with van der Waals surface area (Å²) in [5.74, 6) is -0.0287. The van der Waals surface area contributed by atoms with Crippen LogP contribution in [0.15, 0.2) is 29.2 Å². The number of ether oxygens (including phenoxy) is 1. The fourth-order valence-corrected chi connectivity index (χ4v) is 4.79. The van der Waals surface area contributed by atoms with E-state index in [4.69, 9.17) is 4.74 Å². The Hall–Kier alpha value is -2.13. The van der Waals surface area contributed by atoms with Crippen molar-refractivity contribution in [2.75, 3.05) is 26.2 Å². The van der Waals surface area contributed by atoms with Gasteiger partial charge in [-0.2, -0.15) is 4.31 Å². The van der Waals surface area contributed by atoms with Crippen molar-refractivity contribution in [2.45, 2.75) is 64.5 Å². The highest BCUT2D eigenvalue weighted by atomic mass is 32.2. The third kappa shape index (κ3) is 7.21. The molecule has 2 rings (SSSR count). The summed E-state index contributed by atoms with van der Waals surface area (Å²) in [6, 6.07) is 6.03. The summed E-state index contributed by atoms with van der Waals surface area (Å²) in [5, 5.41) is 2.69. The molecule has 1 heterocycles. The molecule has 1 aliphatic rings. The summed E-state index contributed by atoms with van der Waals surface area (Å²) in [6.45, 7) is 12.1. The van der Waals surface area contributed by atoms with Gasteiger partial charge in [-0.15, -0.1) is 0 Å². The van der Waals surface area contributed by atoms with Gasteiger partial charge in [0.25, 0.3) is 0 Å². The van der Waals surface area contributed by atoms with Crippen LogP contribution in [0.4, 0.5) is 4.79 Å². The first-order valence-electron chi connectivity index (χ1n) is 10.6. The van der Waals surface area contributed by atoms with E-state index in [1.165, 1.54) is 4.31 Å². The van der Waals surface area contributed by atoms with Crippen LogP contribution in [0, 0.1) is 12.8 Å². The number of hydrogen-bond acceptors (Lipinski definition) is 5. The molecule has 1 N–H and O–H groups in total. The Bertz CT molecular complexity index is 867. The molecule has 1 atom stereocenters. The van der Waals surface area contributed by atoms with Crippen molar-refractivity contribution in [3.63, 3.8) is 0 Å². The molecule has 0 aliphatic carbocycles.